The maximum atomic E-state index is 13.2. The first-order valence-corrected chi connectivity index (χ1v) is 20.5. The van der Waals surface area contributed by atoms with Crippen molar-refractivity contribution in [3.63, 3.8) is 0 Å². The Hall–Kier alpha value is -3.55. The van der Waals surface area contributed by atoms with Gasteiger partial charge in [0.05, 0.1) is 32.5 Å². The van der Waals surface area contributed by atoms with E-state index in [1.54, 1.807) is 12.1 Å². The molecule has 1 aromatic rings. The molecule has 0 aliphatic carbocycles. The molecule has 0 bridgehead atoms. The summed E-state index contributed by atoms with van der Waals surface area (Å²) in [6.07, 6.45) is 40.5. The number of allylic oxidation sites excluding steroid dienone is 9. The minimum Gasteiger partial charge on any atom is -0.490 e. The third kappa shape index (κ3) is 26.8. The Labute approximate surface area is 323 Å². The second-order valence-electron chi connectivity index (χ2n) is 13.6. The van der Waals surface area contributed by atoms with Gasteiger partial charge in [-0.15, -0.1) is 0 Å². The Morgan fingerprint density at radius 1 is 0.585 bits per heavy atom. The van der Waals surface area contributed by atoms with E-state index in [-0.39, 0.29) is 12.5 Å². The molecule has 3 N–H and O–H groups in total. The van der Waals surface area contributed by atoms with Crippen LogP contribution in [0.1, 0.15) is 145 Å². The molecule has 1 rings (SSSR count). The minimum absolute atomic E-state index is 0.0550. The van der Waals surface area contributed by atoms with Gasteiger partial charge < -0.3 is 29.7 Å². The molecule has 7 heteroatoms. The highest BCUT2D eigenvalue weighted by atomic mass is 16.5. The topological polar surface area (TPSA) is 97.3 Å². The quantitative estimate of drug-likeness (QED) is 0.0465. The Bertz CT molecular complexity index is 1120. The third-order valence-electron chi connectivity index (χ3n) is 8.87. The monoisotopic (exact) mass is 736 g/mol. The smallest absolute Gasteiger partial charge is 0.251 e. The van der Waals surface area contributed by atoms with Gasteiger partial charge in [0.2, 0.25) is 5.75 Å². The molecule has 53 heavy (non-hydrogen) atoms. The summed E-state index contributed by atoms with van der Waals surface area (Å²) in [5.74, 6) is 1.18. The van der Waals surface area contributed by atoms with E-state index in [9.17, 15) is 15.0 Å². The number of unbranched alkanes of at least 4 members (excludes halogenated alkanes) is 18. The Balaban J connectivity index is 2.89. The van der Waals surface area contributed by atoms with Crippen molar-refractivity contribution in [2.24, 2.45) is 0 Å². The highest BCUT2D eigenvalue weighted by molar-refractivity contribution is 5.95. The van der Waals surface area contributed by atoms with E-state index < -0.39 is 12.7 Å². The van der Waals surface area contributed by atoms with Crippen LogP contribution < -0.4 is 19.5 Å². The second-order valence-corrected chi connectivity index (χ2v) is 13.6. The highest BCUT2D eigenvalue weighted by Gasteiger charge is 2.20. The number of carbonyl (C=O) groups is 1. The fourth-order valence-corrected chi connectivity index (χ4v) is 5.77. The van der Waals surface area contributed by atoms with Crippen molar-refractivity contribution >= 4 is 5.91 Å². The number of aliphatic hydroxyl groups excluding tert-OH is 2. The summed E-state index contributed by atoms with van der Waals surface area (Å²) in [6.45, 7) is 12.2. The first-order valence-electron chi connectivity index (χ1n) is 20.5. The molecule has 298 valence electrons. The molecule has 0 aliphatic rings. The number of hydrogen-bond acceptors (Lipinski definition) is 6. The summed E-state index contributed by atoms with van der Waals surface area (Å²) in [7, 11) is 0. The molecule has 0 saturated carbocycles. The maximum Gasteiger partial charge on any atom is 0.251 e. The van der Waals surface area contributed by atoms with Gasteiger partial charge in [0.15, 0.2) is 11.5 Å². The molecule has 0 heterocycles. The van der Waals surface area contributed by atoms with Crippen LogP contribution in [0.15, 0.2) is 86.6 Å². The summed E-state index contributed by atoms with van der Waals surface area (Å²) in [6, 6.07) is 3.43. The summed E-state index contributed by atoms with van der Waals surface area (Å²) < 4.78 is 19.1. The first-order chi connectivity index (χ1) is 26.1. The van der Waals surface area contributed by atoms with Gasteiger partial charge in [-0.2, -0.15) is 0 Å². The largest absolute Gasteiger partial charge is 0.490 e. The lowest BCUT2D eigenvalue weighted by Crippen LogP contribution is -2.33. The van der Waals surface area contributed by atoms with Crippen LogP contribution in [-0.2, 0) is 0 Å². The van der Waals surface area contributed by atoms with Gasteiger partial charge >= 0.3 is 0 Å². The van der Waals surface area contributed by atoms with Crippen molar-refractivity contribution in [1.82, 2.24) is 5.32 Å². The molecule has 0 aliphatic heterocycles. The third-order valence-corrected chi connectivity index (χ3v) is 8.87. The lowest BCUT2D eigenvalue weighted by Gasteiger charge is -2.19. The maximum absolute atomic E-state index is 13.2. The lowest BCUT2D eigenvalue weighted by molar-refractivity contribution is 0.0801. The van der Waals surface area contributed by atoms with E-state index in [2.05, 4.69) is 43.3 Å². The van der Waals surface area contributed by atoms with Crippen molar-refractivity contribution in [1.29, 1.82) is 0 Å². The molecular weight excluding hydrogens is 663 g/mol. The van der Waals surface area contributed by atoms with Gasteiger partial charge in [-0.05, 0) is 69.9 Å². The van der Waals surface area contributed by atoms with Gasteiger partial charge in [-0.1, -0.05) is 151 Å². The summed E-state index contributed by atoms with van der Waals surface area (Å²) >= 11 is 0. The van der Waals surface area contributed by atoms with Gasteiger partial charge in [0.1, 0.15) is 0 Å². The average Bonchev–Trinajstić information content (AvgIpc) is 3.17. The number of carbonyl (C=O) groups excluding carboxylic acids is 1. The van der Waals surface area contributed by atoms with Crippen molar-refractivity contribution in [2.45, 2.75) is 141 Å². The van der Waals surface area contributed by atoms with Crippen LogP contribution in [0.25, 0.3) is 0 Å². The fourth-order valence-electron chi connectivity index (χ4n) is 5.77. The van der Waals surface area contributed by atoms with Gasteiger partial charge in [0, 0.05) is 12.1 Å². The number of ether oxygens (including phenoxy) is 3. The van der Waals surface area contributed by atoms with Crippen LogP contribution in [0.4, 0.5) is 0 Å². The summed E-state index contributed by atoms with van der Waals surface area (Å²) in [4.78, 5) is 13.2. The predicted octanol–water partition coefficient (Wildman–Crippen LogP) is 11.3. The van der Waals surface area contributed by atoms with Crippen LogP contribution in [0.5, 0.6) is 17.2 Å². The van der Waals surface area contributed by atoms with Crippen LogP contribution in [0.2, 0.25) is 0 Å². The van der Waals surface area contributed by atoms with Crippen molar-refractivity contribution in [3.8, 4) is 17.2 Å². The number of amides is 1. The predicted molar refractivity (Wildman–Crippen MR) is 223 cm³/mol. The number of hydrogen-bond donors (Lipinski definition) is 3. The second kappa shape index (κ2) is 35.5. The number of aliphatic hydroxyl groups is 2. The number of benzene rings is 1. The standard InChI is InChI=1S/C46H73NO6/c1-4-7-10-13-16-19-22-25-28-31-34-51-43-37-41(46(50)47-39-42(49)40-48)38-44(52-35-32-29-26-23-20-17-14-11-8-5-2)45(43)53-36-33-30-27-24-21-18-15-12-9-6-3/h4-12,37-38,42,48-49H,1-3,13-36,39-40H2,(H,47,50)/b10-7+,11-8+,12-9+. The molecule has 0 radical (unpaired) electrons. The van der Waals surface area contributed by atoms with Crippen LogP contribution in [0.3, 0.4) is 0 Å². The normalized spacial score (nSPS) is 12.0. The molecule has 0 fully saturated rings. The highest BCUT2D eigenvalue weighted by Crippen LogP contribution is 2.40. The molecule has 1 amide bonds. The molecule has 0 saturated heterocycles. The lowest BCUT2D eigenvalue weighted by atomic mass is 10.1. The molecular formula is C46H73NO6. The van der Waals surface area contributed by atoms with E-state index >= 15 is 0 Å². The Morgan fingerprint density at radius 2 is 0.943 bits per heavy atom. The zero-order chi connectivity index (χ0) is 38.5. The zero-order valence-electron chi connectivity index (χ0n) is 33.0. The molecule has 1 atom stereocenters. The van der Waals surface area contributed by atoms with E-state index in [0.29, 0.717) is 42.6 Å². The molecule has 7 nitrogen and oxygen atoms in total. The van der Waals surface area contributed by atoms with Gasteiger partial charge in [0.25, 0.3) is 5.91 Å². The van der Waals surface area contributed by atoms with Crippen LogP contribution in [-0.4, -0.2) is 55.2 Å². The van der Waals surface area contributed by atoms with E-state index in [0.717, 1.165) is 77.0 Å². The Kier molecular flexibility index (Phi) is 31.8. The van der Waals surface area contributed by atoms with Gasteiger partial charge in [-0.3, -0.25) is 4.79 Å². The van der Waals surface area contributed by atoms with E-state index in [1.165, 1.54) is 57.8 Å². The summed E-state index contributed by atoms with van der Waals surface area (Å²) in [5.41, 5.74) is 0.367. The fraction of sp³-hybridized carbons (Fsp3) is 0.587. The van der Waals surface area contributed by atoms with E-state index in [4.69, 9.17) is 14.2 Å². The molecule has 0 aromatic heterocycles. The number of nitrogens with one attached hydrogen (secondary N) is 1. The average molecular weight is 736 g/mol. The van der Waals surface area contributed by atoms with E-state index in [1.807, 2.05) is 36.5 Å². The minimum atomic E-state index is -1.03. The van der Waals surface area contributed by atoms with Crippen LogP contribution in [0, 0.1) is 0 Å². The van der Waals surface area contributed by atoms with Crippen molar-refractivity contribution in [2.75, 3.05) is 33.0 Å². The van der Waals surface area contributed by atoms with Crippen molar-refractivity contribution < 1.29 is 29.2 Å². The van der Waals surface area contributed by atoms with Crippen LogP contribution >= 0.6 is 0 Å². The zero-order valence-corrected chi connectivity index (χ0v) is 33.0. The molecule has 1 aromatic carbocycles. The summed E-state index contributed by atoms with van der Waals surface area (Å²) in [5, 5.41) is 21.8. The Morgan fingerprint density at radius 3 is 1.32 bits per heavy atom. The van der Waals surface area contributed by atoms with Crippen molar-refractivity contribution in [3.05, 3.63) is 92.1 Å². The first kappa shape index (κ1) is 47.5. The van der Waals surface area contributed by atoms with Gasteiger partial charge in [-0.25, -0.2) is 0 Å². The molecule has 1 unspecified atom stereocenters. The SMILES string of the molecule is C=C/C=C/CCCCCCCCOc1cc(C(=O)NCC(O)CO)cc(OCCCCCCCC/C=C/C=C)c1OCCCCCCCC/C=C/C=C. The number of rotatable bonds is 37. The molecule has 0 spiro atoms.